The van der Waals surface area contributed by atoms with Gasteiger partial charge < -0.3 is 9.47 Å². The van der Waals surface area contributed by atoms with Crippen LogP contribution in [0.15, 0.2) is 49.6 Å². The van der Waals surface area contributed by atoms with Crippen molar-refractivity contribution in [3.63, 3.8) is 0 Å². The molecule has 0 unspecified atom stereocenters. The average molecular weight is 426 g/mol. The average Bonchev–Trinajstić information content (AvgIpc) is 2.72. The van der Waals surface area contributed by atoms with E-state index in [0.717, 1.165) is 16.0 Å². The predicted molar refractivity (Wildman–Crippen MR) is 117 cm³/mol. The monoisotopic (exact) mass is 426 g/mol. The molecule has 0 spiro atoms. The molecule has 0 aliphatic rings. The van der Waals surface area contributed by atoms with Crippen molar-refractivity contribution in [3.05, 3.63) is 76.5 Å². The number of nitro groups is 1. The van der Waals surface area contributed by atoms with Gasteiger partial charge in [-0.25, -0.2) is 4.79 Å². The minimum atomic E-state index is -0.755. The van der Waals surface area contributed by atoms with Crippen molar-refractivity contribution in [2.75, 3.05) is 18.1 Å². The van der Waals surface area contributed by atoms with Gasteiger partial charge in [-0.15, -0.1) is 13.2 Å². The molecular weight excluding hydrogens is 400 g/mol. The molecule has 2 rings (SSSR count). The highest BCUT2D eigenvalue weighted by Gasteiger charge is 2.31. The number of carbonyl (C=O) groups is 1. The topological polar surface area (TPSA) is 108 Å². The van der Waals surface area contributed by atoms with E-state index in [4.69, 9.17) is 9.47 Å². The van der Waals surface area contributed by atoms with Crippen molar-refractivity contribution in [1.82, 2.24) is 9.97 Å². The summed E-state index contributed by atoms with van der Waals surface area (Å²) in [7, 11) is 0. The van der Waals surface area contributed by atoms with Gasteiger partial charge in [-0.05, 0) is 37.8 Å². The van der Waals surface area contributed by atoms with Crippen molar-refractivity contribution < 1.29 is 19.2 Å². The Kier molecular flexibility index (Phi) is 8.68. The van der Waals surface area contributed by atoms with Crippen LogP contribution in [-0.2, 0) is 17.7 Å². The number of carbonyl (C=O) groups excluding carboxylic acids is 1. The van der Waals surface area contributed by atoms with E-state index in [1.54, 1.807) is 19.1 Å². The van der Waals surface area contributed by atoms with Gasteiger partial charge in [-0.1, -0.05) is 36.4 Å². The van der Waals surface area contributed by atoms with Crippen LogP contribution >= 0.6 is 0 Å². The zero-order valence-corrected chi connectivity index (χ0v) is 17.7. The number of anilines is 1. The first-order valence-electron chi connectivity index (χ1n) is 9.80. The molecule has 0 atom stereocenters. The largest absolute Gasteiger partial charge is 0.463 e. The van der Waals surface area contributed by atoms with Gasteiger partial charge >= 0.3 is 17.8 Å². The second-order valence-electron chi connectivity index (χ2n) is 6.54. The molecule has 1 amide bonds. The van der Waals surface area contributed by atoms with Gasteiger partial charge in [0, 0.05) is 0 Å². The van der Waals surface area contributed by atoms with Crippen molar-refractivity contribution in [2.24, 2.45) is 0 Å². The van der Waals surface area contributed by atoms with Crippen molar-refractivity contribution in [1.29, 1.82) is 0 Å². The summed E-state index contributed by atoms with van der Waals surface area (Å²) in [6, 6.07) is 7.44. The van der Waals surface area contributed by atoms with Crippen LogP contribution in [0.5, 0.6) is 6.01 Å². The molecule has 2 aromatic rings. The minimum absolute atomic E-state index is 0.0210. The molecule has 0 aliphatic heterocycles. The van der Waals surface area contributed by atoms with Gasteiger partial charge in [0.1, 0.15) is 5.69 Å². The number of rotatable bonds is 11. The Hall–Kier alpha value is -3.75. The highest BCUT2D eigenvalue weighted by molar-refractivity contribution is 5.89. The van der Waals surface area contributed by atoms with Gasteiger partial charge in [0.2, 0.25) is 5.82 Å². The number of aromatic nitrogens is 2. The van der Waals surface area contributed by atoms with Crippen LogP contribution in [0.2, 0.25) is 0 Å². The summed E-state index contributed by atoms with van der Waals surface area (Å²) in [6.45, 7) is 10.9. The molecule has 0 saturated heterocycles. The summed E-state index contributed by atoms with van der Waals surface area (Å²) in [5, 5.41) is 11.8. The Balaban J connectivity index is 2.54. The molecule has 9 nitrogen and oxygen atoms in total. The lowest BCUT2D eigenvalue weighted by atomic mass is 10.1. The van der Waals surface area contributed by atoms with Gasteiger partial charge in [-0.3, -0.25) is 15.0 Å². The number of allylic oxidation sites excluding steroid dienone is 1. The lowest BCUT2D eigenvalue weighted by molar-refractivity contribution is -0.385. The number of aryl methyl sites for hydroxylation is 1. The fraction of sp³-hybridized carbons (Fsp3) is 0.318. The van der Waals surface area contributed by atoms with E-state index in [1.165, 1.54) is 6.92 Å². The van der Waals surface area contributed by atoms with Crippen LogP contribution in [-0.4, -0.2) is 34.2 Å². The third kappa shape index (κ3) is 6.36. The molecule has 164 valence electrons. The van der Waals surface area contributed by atoms with E-state index in [-0.39, 0.29) is 43.0 Å². The molecule has 9 heteroatoms. The fourth-order valence-corrected chi connectivity index (χ4v) is 2.86. The first kappa shape index (κ1) is 23.5. The molecule has 0 N–H and O–H groups in total. The van der Waals surface area contributed by atoms with Gasteiger partial charge in [0.15, 0.2) is 0 Å². The zero-order valence-electron chi connectivity index (χ0n) is 17.7. The number of hydrogen-bond acceptors (Lipinski definition) is 7. The van der Waals surface area contributed by atoms with E-state index in [0.29, 0.717) is 12.8 Å². The smallest absolute Gasteiger partial charge is 0.415 e. The molecule has 0 radical (unpaired) electrons. The first-order valence-corrected chi connectivity index (χ1v) is 9.80. The second-order valence-corrected chi connectivity index (χ2v) is 6.54. The highest BCUT2D eigenvalue weighted by Crippen LogP contribution is 2.32. The molecule has 0 saturated carbocycles. The van der Waals surface area contributed by atoms with Crippen LogP contribution < -0.4 is 9.64 Å². The molecule has 0 bridgehead atoms. The molecule has 0 aliphatic carbocycles. The Labute approximate surface area is 181 Å². The lowest BCUT2D eigenvalue weighted by Crippen LogP contribution is -2.33. The van der Waals surface area contributed by atoms with Crippen molar-refractivity contribution in [2.45, 2.75) is 33.2 Å². The molecule has 1 aromatic heterocycles. The van der Waals surface area contributed by atoms with Crippen molar-refractivity contribution >= 4 is 17.6 Å². The van der Waals surface area contributed by atoms with E-state index < -0.39 is 11.0 Å². The Morgan fingerprint density at radius 1 is 1.26 bits per heavy atom. The van der Waals surface area contributed by atoms with E-state index in [9.17, 15) is 14.9 Å². The maximum Gasteiger partial charge on any atom is 0.415 e. The highest BCUT2D eigenvalue weighted by atomic mass is 16.6. The van der Waals surface area contributed by atoms with Crippen molar-refractivity contribution in [3.8, 4) is 6.01 Å². The zero-order chi connectivity index (χ0) is 22.8. The standard InChI is InChI=1S/C22H26N4O5/c1-5-8-13-31-21-23-16(4)19(26(28)29)20(24-21)25(22(27)30-7-3)15-18-12-9-11-17(14-18)10-6-2/h5-6,9,11-12,14H,1-2,7-8,10,13,15H2,3-4H3. The maximum atomic E-state index is 12.8. The third-order valence-corrected chi connectivity index (χ3v) is 4.21. The number of nitrogens with zero attached hydrogens (tertiary/aromatic N) is 4. The van der Waals surface area contributed by atoms with E-state index in [1.807, 2.05) is 24.3 Å². The van der Waals surface area contributed by atoms with Crippen LogP contribution in [0.25, 0.3) is 0 Å². The maximum absolute atomic E-state index is 12.8. The molecule has 31 heavy (non-hydrogen) atoms. The summed E-state index contributed by atoms with van der Waals surface area (Å²) in [4.78, 5) is 33.3. The van der Waals surface area contributed by atoms with Crippen LogP contribution in [0, 0.1) is 17.0 Å². The normalized spacial score (nSPS) is 10.3. The summed E-state index contributed by atoms with van der Waals surface area (Å²) in [6.07, 6.45) is 3.89. The summed E-state index contributed by atoms with van der Waals surface area (Å²) in [5.41, 5.74) is 1.45. The van der Waals surface area contributed by atoms with Gasteiger partial charge in [0.05, 0.1) is 24.7 Å². The van der Waals surface area contributed by atoms with Gasteiger partial charge in [-0.2, -0.15) is 9.97 Å². The number of amides is 1. The SMILES string of the molecule is C=CCCOc1nc(C)c([N+](=O)[O-])c(N(Cc2cccc(CC=C)c2)C(=O)OCC)n1. The minimum Gasteiger partial charge on any atom is -0.463 e. The number of hydrogen-bond donors (Lipinski definition) is 0. The second kappa shape index (κ2) is 11.4. The summed E-state index contributed by atoms with van der Waals surface area (Å²) < 4.78 is 10.6. The van der Waals surface area contributed by atoms with E-state index >= 15 is 0 Å². The predicted octanol–water partition coefficient (Wildman–Crippen LogP) is 4.54. The summed E-state index contributed by atoms with van der Waals surface area (Å²) in [5.74, 6) is -0.182. The summed E-state index contributed by atoms with van der Waals surface area (Å²) >= 11 is 0. The molecule has 0 fully saturated rings. The van der Waals surface area contributed by atoms with E-state index in [2.05, 4.69) is 23.1 Å². The van der Waals surface area contributed by atoms with Gasteiger partial charge in [0.25, 0.3) is 0 Å². The van der Waals surface area contributed by atoms with Crippen LogP contribution in [0.1, 0.15) is 30.2 Å². The van der Waals surface area contributed by atoms with Crippen LogP contribution in [0.4, 0.5) is 16.3 Å². The Bertz CT molecular complexity index is 961. The quantitative estimate of drug-likeness (QED) is 0.225. The third-order valence-electron chi connectivity index (χ3n) is 4.21. The fourth-order valence-electron chi connectivity index (χ4n) is 2.86. The Morgan fingerprint density at radius 2 is 2.00 bits per heavy atom. The number of ether oxygens (including phenoxy) is 2. The van der Waals surface area contributed by atoms with Crippen LogP contribution in [0.3, 0.4) is 0 Å². The molecule has 1 heterocycles. The molecular formula is C22H26N4O5. The lowest BCUT2D eigenvalue weighted by Gasteiger charge is -2.22. The first-order chi connectivity index (χ1) is 14.9. The Morgan fingerprint density at radius 3 is 2.65 bits per heavy atom. The number of benzene rings is 1. The molecule has 1 aromatic carbocycles.